The molecule has 158 valence electrons. The van der Waals surface area contributed by atoms with E-state index >= 15 is 0 Å². The average molecular weight is 417 g/mol. The Bertz CT molecular complexity index is 1220. The lowest BCUT2D eigenvalue weighted by Crippen LogP contribution is -2.38. The molecule has 0 saturated heterocycles. The fraction of sp³-hybridized carbons (Fsp3) is 0.348. The Morgan fingerprint density at radius 3 is 2.94 bits per heavy atom. The number of para-hydroxylation sites is 1. The number of nitrogens with zero attached hydrogens (tertiary/aromatic N) is 4. The Morgan fingerprint density at radius 2 is 2.13 bits per heavy atom. The molecule has 0 radical (unpaired) electrons. The fourth-order valence-electron chi connectivity index (χ4n) is 4.34. The summed E-state index contributed by atoms with van der Waals surface area (Å²) in [6, 6.07) is 8.46. The lowest BCUT2D eigenvalue weighted by Gasteiger charge is -2.27. The largest absolute Gasteiger partial charge is 0.486 e. The summed E-state index contributed by atoms with van der Waals surface area (Å²) in [5.41, 5.74) is 2.10. The molecule has 0 aliphatic carbocycles. The summed E-state index contributed by atoms with van der Waals surface area (Å²) in [6.45, 7) is 4.60. The van der Waals surface area contributed by atoms with E-state index in [-0.39, 0.29) is 23.1 Å². The van der Waals surface area contributed by atoms with Gasteiger partial charge in [-0.15, -0.1) is 0 Å². The lowest BCUT2D eigenvalue weighted by molar-refractivity contribution is 0.0913. The molecule has 0 saturated carbocycles. The average Bonchev–Trinajstić information content (AvgIpc) is 3.08. The Labute approximate surface area is 179 Å². The number of hydrogen-bond donors (Lipinski definition) is 1. The van der Waals surface area contributed by atoms with E-state index in [1.807, 2.05) is 26.0 Å². The second-order valence-corrected chi connectivity index (χ2v) is 8.58. The van der Waals surface area contributed by atoms with Gasteiger partial charge < -0.3 is 10.1 Å². The van der Waals surface area contributed by atoms with Crippen LogP contribution < -0.4 is 15.6 Å². The summed E-state index contributed by atoms with van der Waals surface area (Å²) >= 11 is 0. The smallest absolute Gasteiger partial charge is 0.255 e. The van der Waals surface area contributed by atoms with Crippen molar-refractivity contribution in [2.45, 2.75) is 51.3 Å². The second-order valence-electron chi connectivity index (χ2n) is 8.58. The zero-order chi connectivity index (χ0) is 21.6. The highest BCUT2D eigenvalue weighted by Crippen LogP contribution is 2.38. The van der Waals surface area contributed by atoms with Gasteiger partial charge in [-0.3, -0.25) is 14.2 Å². The van der Waals surface area contributed by atoms with E-state index in [4.69, 9.17) is 9.72 Å². The van der Waals surface area contributed by atoms with E-state index < -0.39 is 0 Å². The lowest BCUT2D eigenvalue weighted by atomic mass is 10.00. The third-order valence-corrected chi connectivity index (χ3v) is 5.71. The number of ether oxygens (including phenoxy) is 1. The van der Waals surface area contributed by atoms with E-state index in [0.29, 0.717) is 41.5 Å². The number of rotatable bonds is 3. The molecule has 8 heteroatoms. The van der Waals surface area contributed by atoms with Crippen molar-refractivity contribution < 1.29 is 9.53 Å². The van der Waals surface area contributed by atoms with Gasteiger partial charge in [0.15, 0.2) is 0 Å². The molecule has 8 nitrogen and oxygen atoms in total. The molecule has 1 N–H and O–H groups in total. The molecule has 1 atom stereocenters. The molecular weight excluding hydrogens is 394 g/mol. The number of carbonyl (C=O) groups excluding carboxylic acids is 1. The van der Waals surface area contributed by atoms with Gasteiger partial charge in [0.1, 0.15) is 23.5 Å². The van der Waals surface area contributed by atoms with Gasteiger partial charge >= 0.3 is 0 Å². The molecule has 2 aliphatic rings. The van der Waals surface area contributed by atoms with Crippen LogP contribution in [0.15, 0.2) is 47.7 Å². The van der Waals surface area contributed by atoms with Gasteiger partial charge in [0.25, 0.3) is 11.5 Å². The summed E-state index contributed by atoms with van der Waals surface area (Å²) in [5.74, 6) is 0.963. The normalized spacial score (nSPS) is 18.6. The van der Waals surface area contributed by atoms with Crippen LogP contribution in [0.3, 0.4) is 0 Å². The number of hydrogen-bond acceptors (Lipinski definition) is 6. The zero-order valence-corrected chi connectivity index (χ0v) is 17.5. The highest BCUT2D eigenvalue weighted by atomic mass is 16.5. The van der Waals surface area contributed by atoms with Crippen molar-refractivity contribution in [1.29, 1.82) is 0 Å². The Hall–Kier alpha value is -3.55. The van der Waals surface area contributed by atoms with Gasteiger partial charge in [0.05, 0.1) is 23.0 Å². The van der Waals surface area contributed by atoms with Crippen LogP contribution in [-0.2, 0) is 13.0 Å². The highest BCUT2D eigenvalue weighted by Gasteiger charge is 2.34. The topological polar surface area (TPSA) is 99.0 Å². The van der Waals surface area contributed by atoms with E-state index in [1.165, 1.54) is 12.4 Å². The third-order valence-electron chi connectivity index (χ3n) is 5.71. The standard InChI is InChI=1S/C23H23N5O3/c1-23(2)12-14-5-3-6-15(20(14)31-23)22(30)27-17-7-4-10-28-19(29)11-18(26-21(17)28)16-8-9-24-13-25-16/h3,5-6,8-9,11,13,17H,4,7,10,12H2,1-2H3,(H,27,30). The molecule has 31 heavy (non-hydrogen) atoms. The number of nitrogens with one attached hydrogen (secondary N) is 1. The van der Waals surface area contributed by atoms with Crippen LogP contribution in [0.4, 0.5) is 0 Å². The van der Waals surface area contributed by atoms with Gasteiger partial charge in [-0.25, -0.2) is 15.0 Å². The van der Waals surface area contributed by atoms with Crippen LogP contribution in [0.2, 0.25) is 0 Å². The number of fused-ring (bicyclic) bond motifs is 2. The molecule has 1 aromatic carbocycles. The fourth-order valence-corrected chi connectivity index (χ4v) is 4.34. The maximum Gasteiger partial charge on any atom is 0.255 e. The molecule has 5 rings (SSSR count). The van der Waals surface area contributed by atoms with E-state index in [1.54, 1.807) is 22.9 Å². The maximum atomic E-state index is 13.2. The monoisotopic (exact) mass is 417 g/mol. The minimum atomic E-state index is -0.374. The van der Waals surface area contributed by atoms with Crippen molar-refractivity contribution in [2.24, 2.45) is 0 Å². The Balaban J connectivity index is 1.48. The van der Waals surface area contributed by atoms with E-state index in [9.17, 15) is 9.59 Å². The molecule has 4 heterocycles. The van der Waals surface area contributed by atoms with Crippen LogP contribution in [0.1, 0.15) is 54.5 Å². The first kappa shape index (κ1) is 19.4. The molecule has 2 aliphatic heterocycles. The summed E-state index contributed by atoms with van der Waals surface area (Å²) in [4.78, 5) is 38.7. The molecule has 1 unspecified atom stereocenters. The summed E-state index contributed by atoms with van der Waals surface area (Å²) in [7, 11) is 0. The van der Waals surface area contributed by atoms with Crippen LogP contribution in [-0.4, -0.2) is 31.0 Å². The van der Waals surface area contributed by atoms with Gasteiger partial charge in [-0.1, -0.05) is 12.1 Å². The quantitative estimate of drug-likeness (QED) is 0.703. The molecule has 3 aromatic rings. The van der Waals surface area contributed by atoms with Gasteiger partial charge in [-0.05, 0) is 44.4 Å². The summed E-state index contributed by atoms with van der Waals surface area (Å²) < 4.78 is 7.69. The van der Waals surface area contributed by atoms with E-state index in [2.05, 4.69) is 15.3 Å². The van der Waals surface area contributed by atoms with Gasteiger partial charge in [0.2, 0.25) is 0 Å². The molecular formula is C23H23N5O3. The predicted molar refractivity (Wildman–Crippen MR) is 114 cm³/mol. The zero-order valence-electron chi connectivity index (χ0n) is 17.5. The van der Waals surface area contributed by atoms with Crippen molar-refractivity contribution in [2.75, 3.05) is 0 Å². The third kappa shape index (κ3) is 3.58. The number of amides is 1. The first-order valence-corrected chi connectivity index (χ1v) is 10.4. The Morgan fingerprint density at radius 1 is 1.26 bits per heavy atom. The van der Waals surface area contributed by atoms with Crippen LogP contribution in [0.25, 0.3) is 11.4 Å². The van der Waals surface area contributed by atoms with E-state index in [0.717, 1.165) is 18.4 Å². The van der Waals surface area contributed by atoms with Crippen LogP contribution in [0.5, 0.6) is 5.75 Å². The van der Waals surface area contributed by atoms with Crippen molar-refractivity contribution in [3.8, 4) is 17.1 Å². The minimum Gasteiger partial charge on any atom is -0.486 e. The minimum absolute atomic E-state index is 0.150. The highest BCUT2D eigenvalue weighted by molar-refractivity contribution is 5.97. The molecule has 2 aromatic heterocycles. The first-order valence-electron chi connectivity index (χ1n) is 10.4. The number of benzene rings is 1. The summed E-state index contributed by atoms with van der Waals surface area (Å²) in [6.07, 6.45) is 5.27. The summed E-state index contributed by atoms with van der Waals surface area (Å²) in [5, 5.41) is 3.08. The van der Waals surface area contributed by atoms with Crippen molar-refractivity contribution in [1.82, 2.24) is 24.8 Å². The molecule has 0 fully saturated rings. The maximum absolute atomic E-state index is 13.2. The SMILES string of the molecule is CC1(C)Cc2cccc(C(=O)NC3CCCn4c3nc(-c3ccncn3)cc4=O)c2O1. The van der Waals surface area contributed by atoms with Crippen LogP contribution in [0, 0.1) is 0 Å². The second kappa shape index (κ2) is 7.30. The Kier molecular flexibility index (Phi) is 4.57. The van der Waals surface area contributed by atoms with Crippen molar-refractivity contribution >= 4 is 5.91 Å². The van der Waals surface area contributed by atoms with Gasteiger partial charge in [-0.2, -0.15) is 0 Å². The van der Waals surface area contributed by atoms with Crippen LogP contribution >= 0.6 is 0 Å². The number of carbonyl (C=O) groups is 1. The number of aromatic nitrogens is 4. The van der Waals surface area contributed by atoms with Crippen molar-refractivity contribution in [3.05, 3.63) is 70.2 Å². The molecule has 0 spiro atoms. The predicted octanol–water partition coefficient (Wildman–Crippen LogP) is 2.68. The molecule has 1 amide bonds. The molecule has 0 bridgehead atoms. The first-order chi connectivity index (χ1) is 14.9. The van der Waals surface area contributed by atoms with Gasteiger partial charge in [0, 0.05) is 25.2 Å². The van der Waals surface area contributed by atoms with Crippen molar-refractivity contribution in [3.63, 3.8) is 0 Å².